The van der Waals surface area contributed by atoms with Gasteiger partial charge in [-0.3, -0.25) is 5.32 Å². The van der Waals surface area contributed by atoms with Crippen molar-refractivity contribution in [1.82, 2.24) is 5.32 Å². The minimum atomic E-state index is 0.0462. The molecule has 2 N–H and O–H groups in total. The first-order valence-corrected chi connectivity index (χ1v) is 3.98. The maximum Gasteiger partial charge on any atom is 0.138 e. The second-order valence-electron chi connectivity index (χ2n) is 2.50. The second-order valence-corrected chi connectivity index (χ2v) is 2.50. The highest BCUT2D eigenvalue weighted by atomic mass is 16.5. The molecule has 10 heavy (non-hydrogen) atoms. The molecule has 0 aliphatic rings. The summed E-state index contributed by atoms with van der Waals surface area (Å²) in [5.41, 5.74) is 0. The molecule has 2 unspecified atom stereocenters. The van der Waals surface area contributed by atoms with E-state index in [-0.39, 0.29) is 6.17 Å². The van der Waals surface area contributed by atoms with Crippen LogP contribution >= 0.6 is 0 Å². The lowest BCUT2D eigenvalue weighted by Gasteiger charge is -2.28. The standard InChI is InChI=1S/C7H18N2O/c1-4-6-9(10)7(3)8-5-2/h7-9H,4-6H2,1-3H3. The lowest BCUT2D eigenvalue weighted by Crippen LogP contribution is -3.12. The molecule has 0 heterocycles. The van der Waals surface area contributed by atoms with Crippen molar-refractivity contribution in [3.63, 3.8) is 0 Å². The lowest BCUT2D eigenvalue weighted by molar-refractivity contribution is -0.877. The summed E-state index contributed by atoms with van der Waals surface area (Å²) in [5, 5.41) is 14.5. The molecule has 62 valence electrons. The molecule has 0 aromatic carbocycles. The summed E-state index contributed by atoms with van der Waals surface area (Å²) in [5.74, 6) is 0. The highest BCUT2D eigenvalue weighted by Crippen LogP contribution is 1.68. The molecule has 0 bridgehead atoms. The molecule has 0 aromatic rings. The largest absolute Gasteiger partial charge is 0.633 e. The minimum Gasteiger partial charge on any atom is -0.633 e. The van der Waals surface area contributed by atoms with Crippen molar-refractivity contribution in [2.75, 3.05) is 13.1 Å². The van der Waals surface area contributed by atoms with Crippen molar-refractivity contribution in [2.45, 2.75) is 33.4 Å². The monoisotopic (exact) mass is 146 g/mol. The van der Waals surface area contributed by atoms with Crippen molar-refractivity contribution in [3.8, 4) is 0 Å². The van der Waals surface area contributed by atoms with Crippen LogP contribution in [0, 0.1) is 5.21 Å². The summed E-state index contributed by atoms with van der Waals surface area (Å²) in [6.07, 6.45) is 0.999. The van der Waals surface area contributed by atoms with Gasteiger partial charge in [0, 0.05) is 6.92 Å². The van der Waals surface area contributed by atoms with E-state index in [0.717, 1.165) is 13.0 Å². The van der Waals surface area contributed by atoms with Gasteiger partial charge in [-0.15, -0.1) is 0 Å². The Bertz CT molecular complexity index is 68.0. The van der Waals surface area contributed by atoms with Gasteiger partial charge in [-0.1, -0.05) is 13.8 Å². The maximum absolute atomic E-state index is 11.1. The van der Waals surface area contributed by atoms with Crippen LogP contribution < -0.4 is 10.4 Å². The Kier molecular flexibility index (Phi) is 5.58. The Morgan fingerprint density at radius 2 is 2.10 bits per heavy atom. The lowest BCUT2D eigenvalue weighted by atomic mass is 10.4. The van der Waals surface area contributed by atoms with Crippen LogP contribution in [0.25, 0.3) is 0 Å². The molecule has 2 atom stereocenters. The average molecular weight is 146 g/mol. The topological polar surface area (TPSA) is 39.5 Å². The van der Waals surface area contributed by atoms with Crippen molar-refractivity contribution >= 4 is 0 Å². The third kappa shape index (κ3) is 3.82. The van der Waals surface area contributed by atoms with Crippen LogP contribution in [0.4, 0.5) is 0 Å². The predicted octanol–water partition coefficient (Wildman–Crippen LogP) is -0.265. The van der Waals surface area contributed by atoms with Crippen LogP contribution in [0.15, 0.2) is 0 Å². The fourth-order valence-corrected chi connectivity index (χ4v) is 0.883. The maximum atomic E-state index is 11.1. The van der Waals surface area contributed by atoms with Gasteiger partial charge in [0.1, 0.15) is 6.17 Å². The molecule has 0 fully saturated rings. The molecule has 3 nitrogen and oxygen atoms in total. The third-order valence-electron chi connectivity index (χ3n) is 1.49. The molecular weight excluding hydrogens is 128 g/mol. The van der Waals surface area contributed by atoms with Crippen LogP contribution in [-0.2, 0) is 0 Å². The van der Waals surface area contributed by atoms with Crippen molar-refractivity contribution < 1.29 is 5.06 Å². The molecule has 0 saturated carbocycles. The van der Waals surface area contributed by atoms with Gasteiger partial charge in [-0.25, -0.2) is 0 Å². The zero-order valence-corrected chi connectivity index (χ0v) is 7.11. The van der Waals surface area contributed by atoms with Crippen LogP contribution in [0.5, 0.6) is 0 Å². The number of hydrogen-bond acceptors (Lipinski definition) is 2. The van der Waals surface area contributed by atoms with Gasteiger partial charge in [-0.2, -0.15) is 0 Å². The van der Waals surface area contributed by atoms with E-state index in [9.17, 15) is 5.21 Å². The van der Waals surface area contributed by atoms with Crippen molar-refractivity contribution in [1.29, 1.82) is 0 Å². The SMILES string of the molecule is CCC[NH+]([O-])C(C)NCC. The van der Waals surface area contributed by atoms with Gasteiger partial charge in [-0.05, 0) is 13.0 Å². The molecule has 0 rings (SSSR count). The number of quaternary nitrogens is 1. The highest BCUT2D eigenvalue weighted by Gasteiger charge is 2.04. The third-order valence-corrected chi connectivity index (χ3v) is 1.49. The second kappa shape index (κ2) is 5.65. The van der Waals surface area contributed by atoms with Gasteiger partial charge in [0.15, 0.2) is 0 Å². The minimum absolute atomic E-state index is 0.0462. The van der Waals surface area contributed by atoms with Crippen LogP contribution in [0.1, 0.15) is 27.2 Å². The Morgan fingerprint density at radius 3 is 2.50 bits per heavy atom. The Labute approximate surface area is 63.0 Å². The molecule has 3 heteroatoms. The van der Waals surface area contributed by atoms with Crippen LogP contribution in [-0.4, -0.2) is 19.3 Å². The van der Waals surface area contributed by atoms with E-state index in [1.165, 1.54) is 0 Å². The smallest absolute Gasteiger partial charge is 0.138 e. The molecule has 0 aliphatic carbocycles. The van der Waals surface area contributed by atoms with Gasteiger partial charge >= 0.3 is 0 Å². The highest BCUT2D eigenvalue weighted by molar-refractivity contribution is 4.42. The quantitative estimate of drug-likeness (QED) is 0.414. The Morgan fingerprint density at radius 1 is 1.50 bits per heavy atom. The van der Waals surface area contributed by atoms with Gasteiger partial charge in [0.2, 0.25) is 0 Å². The molecular formula is C7H18N2O. The van der Waals surface area contributed by atoms with E-state index in [0.29, 0.717) is 11.6 Å². The van der Waals surface area contributed by atoms with Gasteiger partial charge in [0.05, 0.1) is 6.54 Å². The Balaban J connectivity index is 3.38. The Hall–Kier alpha value is -0.120. The molecule has 0 aliphatic heterocycles. The zero-order valence-electron chi connectivity index (χ0n) is 7.11. The average Bonchev–Trinajstić information content (AvgIpc) is 1.89. The first-order chi connectivity index (χ1) is 4.72. The number of nitrogens with one attached hydrogen (secondary N) is 2. The van der Waals surface area contributed by atoms with E-state index in [1.807, 2.05) is 20.8 Å². The first-order valence-electron chi connectivity index (χ1n) is 3.98. The summed E-state index contributed by atoms with van der Waals surface area (Å²) in [6, 6.07) is 0. The van der Waals surface area contributed by atoms with E-state index in [2.05, 4.69) is 5.32 Å². The molecule has 0 amide bonds. The zero-order chi connectivity index (χ0) is 7.98. The van der Waals surface area contributed by atoms with E-state index < -0.39 is 0 Å². The first kappa shape index (κ1) is 9.88. The summed E-state index contributed by atoms with van der Waals surface area (Å²) in [6.45, 7) is 7.53. The van der Waals surface area contributed by atoms with Gasteiger partial charge < -0.3 is 10.3 Å². The van der Waals surface area contributed by atoms with E-state index in [1.54, 1.807) is 0 Å². The van der Waals surface area contributed by atoms with Gasteiger partial charge in [0.25, 0.3) is 0 Å². The van der Waals surface area contributed by atoms with E-state index >= 15 is 0 Å². The normalized spacial score (nSPS) is 16.8. The molecule has 0 saturated heterocycles. The summed E-state index contributed by atoms with van der Waals surface area (Å²) in [4.78, 5) is 0. The van der Waals surface area contributed by atoms with Crippen molar-refractivity contribution in [2.24, 2.45) is 0 Å². The molecule has 0 radical (unpaired) electrons. The molecule has 0 aromatic heterocycles. The summed E-state index contributed by atoms with van der Waals surface area (Å²) in [7, 11) is 0. The van der Waals surface area contributed by atoms with Crippen molar-refractivity contribution in [3.05, 3.63) is 5.21 Å². The van der Waals surface area contributed by atoms with Crippen LogP contribution in [0.2, 0.25) is 0 Å². The summed E-state index contributed by atoms with van der Waals surface area (Å²) < 4.78 is 0. The number of hydroxylamine groups is 2. The fraction of sp³-hybridized carbons (Fsp3) is 1.00. The number of rotatable bonds is 5. The number of hydrogen-bond donors (Lipinski definition) is 2. The summed E-state index contributed by atoms with van der Waals surface area (Å²) >= 11 is 0. The fourth-order valence-electron chi connectivity index (χ4n) is 0.883. The van der Waals surface area contributed by atoms with E-state index in [4.69, 9.17) is 0 Å². The van der Waals surface area contributed by atoms with Crippen LogP contribution in [0.3, 0.4) is 0 Å². The predicted molar refractivity (Wildman–Crippen MR) is 42.6 cm³/mol. The molecule has 0 spiro atoms.